The molecule has 8 heteroatoms. The van der Waals surface area contributed by atoms with E-state index in [-0.39, 0.29) is 23.5 Å². The lowest BCUT2D eigenvalue weighted by atomic mass is 10.2. The van der Waals surface area contributed by atoms with Crippen LogP contribution < -0.4 is 11.2 Å². The lowest BCUT2D eigenvalue weighted by Crippen LogP contribution is -2.35. The molecule has 0 aliphatic heterocycles. The van der Waals surface area contributed by atoms with Crippen molar-refractivity contribution in [2.24, 2.45) is 0 Å². The third-order valence-electron chi connectivity index (χ3n) is 3.43. The first-order valence-corrected chi connectivity index (χ1v) is 8.42. The first-order chi connectivity index (χ1) is 11.0. The van der Waals surface area contributed by atoms with Crippen LogP contribution in [0.1, 0.15) is 26.7 Å². The number of hydrogen-bond donors (Lipinski definition) is 2. The molecule has 0 saturated heterocycles. The quantitative estimate of drug-likeness (QED) is 0.597. The molecule has 2 aromatic rings. The Bertz CT molecular complexity index is 672. The average Bonchev–Trinajstić information content (AvgIpc) is 2.91. The average molecular weight is 337 g/mol. The molecule has 0 unspecified atom stereocenters. The maximum Gasteiger partial charge on any atom is 0.230 e. The van der Waals surface area contributed by atoms with E-state index in [9.17, 15) is 9.18 Å². The summed E-state index contributed by atoms with van der Waals surface area (Å²) in [5, 5.41) is 11.3. The van der Waals surface area contributed by atoms with E-state index in [1.165, 1.54) is 28.6 Å². The third kappa shape index (κ3) is 4.44. The Kier molecular flexibility index (Phi) is 5.97. The number of amides is 1. The first kappa shape index (κ1) is 17.3. The zero-order valence-corrected chi connectivity index (χ0v) is 13.9. The second-order valence-electron chi connectivity index (χ2n) is 5.06. The van der Waals surface area contributed by atoms with Gasteiger partial charge in [0, 0.05) is 11.6 Å². The minimum absolute atomic E-state index is 0.0704. The maximum atomic E-state index is 13.3. The van der Waals surface area contributed by atoms with Gasteiger partial charge in [0.25, 0.3) is 0 Å². The molecule has 1 heterocycles. The van der Waals surface area contributed by atoms with Gasteiger partial charge in [-0.15, -0.1) is 10.2 Å². The smallest absolute Gasteiger partial charge is 0.230 e. The highest BCUT2D eigenvalue weighted by Crippen LogP contribution is 2.21. The topological polar surface area (TPSA) is 85.8 Å². The summed E-state index contributed by atoms with van der Waals surface area (Å²) >= 11 is 1.20. The number of nitrogen functional groups attached to an aromatic ring is 1. The van der Waals surface area contributed by atoms with Crippen molar-refractivity contribution in [1.82, 2.24) is 20.2 Å². The summed E-state index contributed by atoms with van der Waals surface area (Å²) < 4.78 is 14.5. The van der Waals surface area contributed by atoms with Crippen molar-refractivity contribution in [1.29, 1.82) is 0 Å². The van der Waals surface area contributed by atoms with Crippen LogP contribution >= 0.6 is 11.8 Å². The van der Waals surface area contributed by atoms with Crippen molar-refractivity contribution in [3.05, 3.63) is 30.1 Å². The molecule has 3 N–H and O–H groups in total. The summed E-state index contributed by atoms with van der Waals surface area (Å²) in [4.78, 5) is 11.9. The number of thioether (sulfide) groups is 1. The van der Waals surface area contributed by atoms with Crippen LogP contribution in [0.15, 0.2) is 29.4 Å². The van der Waals surface area contributed by atoms with Crippen LogP contribution in [-0.4, -0.2) is 32.6 Å². The number of nitrogens with two attached hydrogens (primary N) is 1. The fourth-order valence-corrected chi connectivity index (χ4v) is 2.76. The summed E-state index contributed by atoms with van der Waals surface area (Å²) in [5.74, 6) is 6.06. The molecule has 0 radical (unpaired) electrons. The molecule has 0 bridgehead atoms. The van der Waals surface area contributed by atoms with Gasteiger partial charge in [0.1, 0.15) is 5.82 Å². The largest absolute Gasteiger partial charge is 0.353 e. The normalized spacial score (nSPS) is 11.0. The molecule has 1 aromatic heterocycles. The Hall–Kier alpha value is -2.09. The van der Waals surface area contributed by atoms with E-state index >= 15 is 0 Å². The highest BCUT2D eigenvalue weighted by atomic mass is 32.2. The van der Waals surface area contributed by atoms with Crippen LogP contribution in [0.5, 0.6) is 0 Å². The number of halogens is 1. The summed E-state index contributed by atoms with van der Waals surface area (Å²) in [6.07, 6.45) is 1.79. The van der Waals surface area contributed by atoms with Gasteiger partial charge < -0.3 is 11.2 Å². The van der Waals surface area contributed by atoms with Crippen LogP contribution in [0, 0.1) is 5.82 Å². The highest BCUT2D eigenvalue weighted by molar-refractivity contribution is 7.99. The fraction of sp³-hybridized carbons (Fsp3) is 0.400. The van der Waals surface area contributed by atoms with Gasteiger partial charge >= 0.3 is 0 Å². The van der Waals surface area contributed by atoms with Gasteiger partial charge in [-0.2, -0.15) is 0 Å². The first-order valence-electron chi connectivity index (χ1n) is 7.43. The van der Waals surface area contributed by atoms with Crippen LogP contribution in [0.2, 0.25) is 0 Å². The molecule has 1 amide bonds. The van der Waals surface area contributed by atoms with Gasteiger partial charge in [-0.05, 0) is 25.0 Å². The molecule has 2 rings (SSSR count). The van der Waals surface area contributed by atoms with Gasteiger partial charge in [0.05, 0.1) is 5.75 Å². The van der Waals surface area contributed by atoms with Gasteiger partial charge in [-0.3, -0.25) is 4.79 Å². The fourth-order valence-electron chi connectivity index (χ4n) is 2.09. The second kappa shape index (κ2) is 7.96. The standard InChI is InChI=1S/C15H20FN5OS/c1-3-12(4-2)18-13(22)9-23-15-20-19-14(21(15)17)10-6-5-7-11(16)8-10/h5-8,12H,3-4,9,17H2,1-2H3,(H,18,22). The summed E-state index contributed by atoms with van der Waals surface area (Å²) in [5.41, 5.74) is 0.535. The van der Waals surface area contributed by atoms with E-state index < -0.39 is 0 Å². The van der Waals surface area contributed by atoms with Crippen LogP contribution in [0.25, 0.3) is 11.4 Å². The summed E-state index contributed by atoms with van der Waals surface area (Å²) in [6, 6.07) is 6.14. The molecule has 0 saturated carbocycles. The van der Waals surface area contributed by atoms with Gasteiger partial charge in [-0.1, -0.05) is 37.7 Å². The Morgan fingerprint density at radius 1 is 1.39 bits per heavy atom. The van der Waals surface area contributed by atoms with Crippen LogP contribution in [0.3, 0.4) is 0 Å². The van der Waals surface area contributed by atoms with Crippen molar-refractivity contribution in [2.45, 2.75) is 37.9 Å². The minimum atomic E-state index is -0.371. The molecule has 23 heavy (non-hydrogen) atoms. The van der Waals surface area contributed by atoms with E-state index in [1.54, 1.807) is 12.1 Å². The number of nitrogens with zero attached hydrogens (tertiary/aromatic N) is 3. The molecule has 0 spiro atoms. The molecular weight excluding hydrogens is 317 g/mol. The molecule has 0 aliphatic rings. The van der Waals surface area contributed by atoms with E-state index in [0.29, 0.717) is 16.5 Å². The maximum absolute atomic E-state index is 13.3. The van der Waals surface area contributed by atoms with Gasteiger partial charge in [0.15, 0.2) is 5.82 Å². The van der Waals surface area contributed by atoms with E-state index in [1.807, 2.05) is 13.8 Å². The Morgan fingerprint density at radius 2 is 2.13 bits per heavy atom. The van der Waals surface area contributed by atoms with E-state index in [4.69, 9.17) is 5.84 Å². The number of hydrogen-bond acceptors (Lipinski definition) is 5. The lowest BCUT2D eigenvalue weighted by Gasteiger charge is -2.14. The van der Waals surface area contributed by atoms with Gasteiger partial charge in [0.2, 0.25) is 11.1 Å². The predicted octanol–water partition coefficient (Wildman–Crippen LogP) is 2.19. The molecule has 0 atom stereocenters. The Morgan fingerprint density at radius 3 is 2.78 bits per heavy atom. The molecular formula is C15H20FN5OS. The van der Waals surface area contributed by atoms with Crippen molar-refractivity contribution >= 4 is 17.7 Å². The SMILES string of the molecule is CCC(CC)NC(=O)CSc1nnc(-c2cccc(F)c2)n1N. The number of carbonyl (C=O) groups is 1. The molecule has 0 aliphatic carbocycles. The number of nitrogens with one attached hydrogen (secondary N) is 1. The Labute approximate surface area is 138 Å². The molecule has 1 aromatic carbocycles. The number of carbonyl (C=O) groups excluding carboxylic acids is 1. The van der Waals surface area contributed by atoms with E-state index in [0.717, 1.165) is 12.8 Å². The molecule has 6 nitrogen and oxygen atoms in total. The number of aromatic nitrogens is 3. The summed E-state index contributed by atoms with van der Waals surface area (Å²) in [7, 11) is 0. The number of rotatable bonds is 7. The Balaban J connectivity index is 2.01. The summed E-state index contributed by atoms with van der Waals surface area (Å²) in [6.45, 7) is 4.06. The molecule has 0 fully saturated rings. The zero-order chi connectivity index (χ0) is 16.8. The second-order valence-corrected chi connectivity index (χ2v) is 6.00. The van der Waals surface area contributed by atoms with Crippen LogP contribution in [-0.2, 0) is 4.79 Å². The minimum Gasteiger partial charge on any atom is -0.353 e. The monoisotopic (exact) mass is 337 g/mol. The van der Waals surface area contributed by atoms with Crippen molar-refractivity contribution in [3.8, 4) is 11.4 Å². The number of benzene rings is 1. The van der Waals surface area contributed by atoms with E-state index in [2.05, 4.69) is 15.5 Å². The highest BCUT2D eigenvalue weighted by Gasteiger charge is 2.15. The van der Waals surface area contributed by atoms with Crippen molar-refractivity contribution < 1.29 is 9.18 Å². The third-order valence-corrected chi connectivity index (χ3v) is 4.37. The van der Waals surface area contributed by atoms with Crippen LogP contribution in [0.4, 0.5) is 4.39 Å². The zero-order valence-electron chi connectivity index (χ0n) is 13.1. The van der Waals surface area contributed by atoms with Crippen molar-refractivity contribution in [2.75, 3.05) is 11.6 Å². The molecule has 124 valence electrons. The predicted molar refractivity (Wildman–Crippen MR) is 88.8 cm³/mol. The van der Waals surface area contributed by atoms with Gasteiger partial charge in [-0.25, -0.2) is 9.07 Å². The lowest BCUT2D eigenvalue weighted by molar-refractivity contribution is -0.119. The van der Waals surface area contributed by atoms with Crippen molar-refractivity contribution in [3.63, 3.8) is 0 Å².